The van der Waals surface area contributed by atoms with Gasteiger partial charge in [0.25, 0.3) is 0 Å². The molecule has 0 unspecified atom stereocenters. The van der Waals surface area contributed by atoms with Crippen molar-refractivity contribution < 1.29 is 13.2 Å². The predicted molar refractivity (Wildman–Crippen MR) is 89.5 cm³/mol. The Bertz CT molecular complexity index is 686. The Morgan fingerprint density at radius 2 is 1.50 bits per heavy atom. The zero-order chi connectivity index (χ0) is 16.0. The van der Waals surface area contributed by atoms with Gasteiger partial charge in [0.1, 0.15) is 0 Å². The van der Waals surface area contributed by atoms with Gasteiger partial charge in [0.2, 0.25) is 0 Å². The van der Waals surface area contributed by atoms with Crippen LogP contribution in [0, 0.1) is 6.92 Å². The van der Waals surface area contributed by atoms with Crippen molar-refractivity contribution in [3.05, 3.63) is 61.0 Å². The first-order valence-electron chi connectivity index (χ1n) is 7.27. The van der Waals surface area contributed by atoms with Gasteiger partial charge in [0, 0.05) is 13.7 Å². The number of benzene rings is 2. The van der Waals surface area contributed by atoms with Gasteiger partial charge in [0.15, 0.2) is 9.84 Å². The third kappa shape index (κ3) is 4.18. The lowest BCUT2D eigenvalue weighted by Gasteiger charge is -2.07. The van der Waals surface area contributed by atoms with Crippen LogP contribution < -0.4 is 0 Å². The number of rotatable bonds is 7. The van der Waals surface area contributed by atoms with E-state index >= 15 is 0 Å². The fraction of sp³-hybridized carbons (Fsp3) is 0.278. The van der Waals surface area contributed by atoms with Gasteiger partial charge >= 0.3 is 0 Å². The standard InChI is InChI=1S/C18H21O3S/c1-3-15-5-7-16(8-6-15)17-9-11-18(12-10-17)22(19,20)14-4-13-21-2/h5-12H,1,3-4,13-14H2,2H3. The molecule has 0 amide bonds. The summed E-state index contributed by atoms with van der Waals surface area (Å²) in [5, 5.41) is 0. The Hall–Kier alpha value is -1.65. The maximum absolute atomic E-state index is 12.2. The second kappa shape index (κ2) is 7.56. The molecule has 3 nitrogen and oxygen atoms in total. The molecule has 2 aromatic rings. The van der Waals surface area contributed by atoms with Crippen molar-refractivity contribution in [3.8, 4) is 11.1 Å². The summed E-state index contributed by atoms with van der Waals surface area (Å²) in [6, 6.07) is 15.2. The molecule has 0 spiro atoms. The summed E-state index contributed by atoms with van der Waals surface area (Å²) in [5.41, 5.74) is 3.26. The van der Waals surface area contributed by atoms with Crippen molar-refractivity contribution in [1.82, 2.24) is 0 Å². The molecule has 4 heteroatoms. The third-order valence-electron chi connectivity index (χ3n) is 3.55. The number of methoxy groups -OCH3 is 1. The minimum atomic E-state index is -3.23. The zero-order valence-corrected chi connectivity index (χ0v) is 13.6. The summed E-state index contributed by atoms with van der Waals surface area (Å²) in [4.78, 5) is 0.363. The lowest BCUT2D eigenvalue weighted by atomic mass is 10.0. The normalized spacial score (nSPS) is 11.5. The van der Waals surface area contributed by atoms with Gasteiger partial charge in [-0.2, -0.15) is 0 Å². The first-order chi connectivity index (χ1) is 10.6. The summed E-state index contributed by atoms with van der Waals surface area (Å²) in [6.07, 6.45) is 1.27. The van der Waals surface area contributed by atoms with Gasteiger partial charge in [-0.1, -0.05) is 36.4 Å². The Labute approximate surface area is 132 Å². The molecule has 0 fully saturated rings. The van der Waals surface area contributed by atoms with E-state index in [2.05, 4.69) is 6.92 Å². The highest BCUT2D eigenvalue weighted by Crippen LogP contribution is 2.22. The second-order valence-corrected chi connectivity index (χ2v) is 7.25. The van der Waals surface area contributed by atoms with E-state index in [1.807, 2.05) is 36.4 Å². The van der Waals surface area contributed by atoms with E-state index in [1.54, 1.807) is 19.2 Å². The molecular weight excluding hydrogens is 296 g/mol. The van der Waals surface area contributed by atoms with Crippen LogP contribution in [0.2, 0.25) is 0 Å². The Kier molecular flexibility index (Phi) is 5.75. The van der Waals surface area contributed by atoms with E-state index in [9.17, 15) is 8.42 Å². The smallest absolute Gasteiger partial charge is 0.178 e. The molecule has 0 bridgehead atoms. The maximum Gasteiger partial charge on any atom is 0.178 e. The van der Waals surface area contributed by atoms with Gasteiger partial charge in [-0.15, -0.1) is 0 Å². The van der Waals surface area contributed by atoms with Crippen molar-refractivity contribution in [2.75, 3.05) is 19.5 Å². The minimum Gasteiger partial charge on any atom is -0.385 e. The van der Waals surface area contributed by atoms with Gasteiger partial charge in [-0.25, -0.2) is 8.42 Å². The van der Waals surface area contributed by atoms with Gasteiger partial charge in [0.05, 0.1) is 10.6 Å². The average Bonchev–Trinajstić information content (AvgIpc) is 2.55. The Morgan fingerprint density at radius 1 is 0.955 bits per heavy atom. The SMILES string of the molecule is [CH2]Cc1ccc(-c2ccc(S(=O)(=O)CCCOC)cc2)cc1. The zero-order valence-electron chi connectivity index (χ0n) is 12.8. The molecule has 0 N–H and O–H groups in total. The summed E-state index contributed by atoms with van der Waals surface area (Å²) >= 11 is 0. The van der Waals surface area contributed by atoms with Gasteiger partial charge < -0.3 is 4.74 Å². The summed E-state index contributed by atoms with van der Waals surface area (Å²) in [7, 11) is -1.66. The lowest BCUT2D eigenvalue weighted by molar-refractivity contribution is 0.199. The summed E-state index contributed by atoms with van der Waals surface area (Å²) < 4.78 is 29.3. The molecule has 0 atom stereocenters. The van der Waals surface area contributed by atoms with Gasteiger partial charge in [-0.05, 0) is 48.6 Å². The lowest BCUT2D eigenvalue weighted by Crippen LogP contribution is -2.08. The van der Waals surface area contributed by atoms with Crippen molar-refractivity contribution in [2.45, 2.75) is 17.7 Å². The van der Waals surface area contributed by atoms with E-state index in [1.165, 1.54) is 5.56 Å². The fourth-order valence-corrected chi connectivity index (χ4v) is 3.51. The van der Waals surface area contributed by atoms with E-state index in [4.69, 9.17) is 4.74 Å². The molecule has 0 heterocycles. The molecule has 2 rings (SSSR count). The average molecular weight is 317 g/mol. The van der Waals surface area contributed by atoms with Crippen LogP contribution in [0.1, 0.15) is 12.0 Å². The van der Waals surface area contributed by atoms with E-state index in [0.717, 1.165) is 17.5 Å². The Balaban J connectivity index is 2.15. The van der Waals surface area contributed by atoms with Crippen LogP contribution in [0.25, 0.3) is 11.1 Å². The highest BCUT2D eigenvalue weighted by molar-refractivity contribution is 7.91. The van der Waals surface area contributed by atoms with Crippen LogP contribution in [0.3, 0.4) is 0 Å². The number of hydrogen-bond donors (Lipinski definition) is 0. The molecule has 0 aromatic heterocycles. The van der Waals surface area contributed by atoms with E-state index < -0.39 is 9.84 Å². The van der Waals surface area contributed by atoms with Crippen LogP contribution in [0.15, 0.2) is 53.4 Å². The quantitative estimate of drug-likeness (QED) is 0.734. The van der Waals surface area contributed by atoms with Crippen LogP contribution in [-0.2, 0) is 21.0 Å². The highest BCUT2D eigenvalue weighted by atomic mass is 32.2. The monoisotopic (exact) mass is 317 g/mol. The molecule has 22 heavy (non-hydrogen) atoms. The van der Waals surface area contributed by atoms with Crippen LogP contribution in [0.4, 0.5) is 0 Å². The molecular formula is C18H21O3S. The van der Waals surface area contributed by atoms with Crippen molar-refractivity contribution in [3.63, 3.8) is 0 Å². The van der Waals surface area contributed by atoms with Crippen LogP contribution in [-0.4, -0.2) is 27.9 Å². The van der Waals surface area contributed by atoms with E-state index in [0.29, 0.717) is 17.9 Å². The minimum absolute atomic E-state index is 0.110. The van der Waals surface area contributed by atoms with Crippen molar-refractivity contribution in [1.29, 1.82) is 0 Å². The van der Waals surface area contributed by atoms with Gasteiger partial charge in [-0.3, -0.25) is 0 Å². The summed E-state index contributed by atoms with van der Waals surface area (Å²) in [6.45, 7) is 4.31. The molecule has 0 saturated heterocycles. The first-order valence-corrected chi connectivity index (χ1v) is 8.92. The second-order valence-electron chi connectivity index (χ2n) is 5.14. The largest absolute Gasteiger partial charge is 0.385 e. The number of hydrogen-bond acceptors (Lipinski definition) is 3. The molecule has 0 saturated carbocycles. The van der Waals surface area contributed by atoms with Crippen molar-refractivity contribution >= 4 is 9.84 Å². The molecule has 0 aliphatic heterocycles. The number of sulfone groups is 1. The predicted octanol–water partition coefficient (Wildman–Crippen LogP) is 3.54. The topological polar surface area (TPSA) is 43.4 Å². The third-order valence-corrected chi connectivity index (χ3v) is 5.37. The Morgan fingerprint density at radius 3 is 2.00 bits per heavy atom. The van der Waals surface area contributed by atoms with E-state index in [-0.39, 0.29) is 5.75 Å². The molecule has 0 aliphatic carbocycles. The fourth-order valence-electron chi connectivity index (χ4n) is 2.23. The van der Waals surface area contributed by atoms with Crippen LogP contribution in [0.5, 0.6) is 0 Å². The molecule has 2 aromatic carbocycles. The maximum atomic E-state index is 12.2. The summed E-state index contributed by atoms with van der Waals surface area (Å²) in [5.74, 6) is 0.110. The molecule has 1 radical (unpaired) electrons. The van der Waals surface area contributed by atoms with Crippen LogP contribution >= 0.6 is 0 Å². The molecule has 117 valence electrons. The van der Waals surface area contributed by atoms with Crippen molar-refractivity contribution in [2.24, 2.45) is 0 Å². The highest BCUT2D eigenvalue weighted by Gasteiger charge is 2.13. The molecule has 0 aliphatic rings. The first kappa shape index (κ1) is 16.7. The number of ether oxygens (including phenoxy) is 1.